The Bertz CT molecular complexity index is 1600. The molecule has 1 saturated heterocycles. The second-order valence-corrected chi connectivity index (χ2v) is 16.6. The number of amides is 2. The van der Waals surface area contributed by atoms with Crippen molar-refractivity contribution in [2.45, 2.75) is 116 Å². The summed E-state index contributed by atoms with van der Waals surface area (Å²) in [6.07, 6.45) is 13.4. The third kappa shape index (κ3) is 10.2. The van der Waals surface area contributed by atoms with E-state index in [4.69, 9.17) is 0 Å². The summed E-state index contributed by atoms with van der Waals surface area (Å²) in [5.74, 6) is 0.769. The van der Waals surface area contributed by atoms with Crippen molar-refractivity contribution in [2.24, 2.45) is 17.8 Å². The molecule has 3 aromatic rings. The van der Waals surface area contributed by atoms with Crippen LogP contribution in [-0.2, 0) is 21.4 Å². The lowest BCUT2D eigenvalue weighted by atomic mass is 9.72. The van der Waals surface area contributed by atoms with Crippen LogP contribution in [0, 0.1) is 17.8 Å². The lowest BCUT2D eigenvalue weighted by Gasteiger charge is -2.39. The minimum Gasteiger partial charge on any atom is -0.480 e. The second kappa shape index (κ2) is 17.1. The Morgan fingerprint density at radius 3 is 2.10 bits per heavy atom. The number of nitrogens with zero attached hydrogens (tertiary/aromatic N) is 3. The topological polar surface area (TPSA) is 145 Å². The number of aliphatic hydroxyl groups is 1. The van der Waals surface area contributed by atoms with E-state index < -0.39 is 36.0 Å². The second-order valence-electron chi connectivity index (χ2n) is 15.6. The van der Waals surface area contributed by atoms with Gasteiger partial charge in [0.25, 0.3) is 5.91 Å². The molecule has 3 heterocycles. The molecule has 1 aliphatic heterocycles. The minimum atomic E-state index is -1.52. The molecular weight excluding hydrogens is 663 g/mol. The van der Waals surface area contributed by atoms with Crippen LogP contribution in [0.4, 0.5) is 5.69 Å². The van der Waals surface area contributed by atoms with Crippen LogP contribution < -0.4 is 15.5 Å². The maximum atomic E-state index is 13.4. The molecule has 2 fully saturated rings. The number of thiophene rings is 1. The number of nitrogens with one attached hydrogen (secondary N) is 2. The van der Waals surface area contributed by atoms with Gasteiger partial charge in [0, 0.05) is 30.0 Å². The molecule has 0 spiro atoms. The quantitative estimate of drug-likeness (QED) is 0.155. The molecule has 1 aromatic carbocycles. The first-order valence-corrected chi connectivity index (χ1v) is 19.4. The fourth-order valence-electron chi connectivity index (χ4n) is 7.59. The maximum Gasteiger partial charge on any atom is 0.328 e. The Kier molecular flexibility index (Phi) is 12.9. The van der Waals surface area contributed by atoms with Gasteiger partial charge in [0.2, 0.25) is 5.91 Å². The van der Waals surface area contributed by atoms with Crippen LogP contribution in [0.3, 0.4) is 0 Å². The number of carboxylic acids is 1. The van der Waals surface area contributed by atoms with Gasteiger partial charge in [-0.25, -0.2) is 14.8 Å². The Labute approximate surface area is 306 Å². The first-order valence-electron chi connectivity index (χ1n) is 18.6. The van der Waals surface area contributed by atoms with Crippen molar-refractivity contribution >= 4 is 34.8 Å². The van der Waals surface area contributed by atoms with E-state index in [-0.39, 0.29) is 11.8 Å². The zero-order chi connectivity index (χ0) is 36.7. The molecule has 0 bridgehead atoms. The first kappa shape index (κ1) is 38.4. The summed E-state index contributed by atoms with van der Waals surface area (Å²) in [5, 5.41) is 24.7. The Morgan fingerprint density at radius 1 is 0.922 bits per heavy atom. The van der Waals surface area contributed by atoms with Gasteiger partial charge in [-0.2, -0.15) is 0 Å². The van der Waals surface area contributed by atoms with Gasteiger partial charge in [-0.1, -0.05) is 77.6 Å². The number of carbonyl (C=O) groups is 3. The summed E-state index contributed by atoms with van der Waals surface area (Å²) in [5.41, 5.74) is 2.48. The van der Waals surface area contributed by atoms with Crippen LogP contribution in [0.25, 0.3) is 11.4 Å². The molecule has 2 aromatic heterocycles. The Morgan fingerprint density at radius 2 is 1.55 bits per heavy atom. The number of aliphatic hydroxyl groups excluding tert-OH is 1. The van der Waals surface area contributed by atoms with Crippen LogP contribution in [0.1, 0.15) is 106 Å². The standard InChI is InChI=1S/C40H55N5O5S/c1-6-7-26-8-12-28(13-9-26)29-18-20-45(21-19-29)31-23-41-36(42-24-31)30-14-10-27(11-15-30)22-32(37(47)44-35(25(2)46)39(49)50)43-38(48)33-16-17-34(51-33)40(3,4)5/h10-11,14-17,23-26,28-29,32,35,46H,6-9,12-13,18-22H2,1-5H3,(H,43,48)(H,44,47)(H,49,50)/t25-,26-,28-,32+,35+/m1/s1. The van der Waals surface area contributed by atoms with Gasteiger partial charge in [0.05, 0.1) is 29.1 Å². The van der Waals surface area contributed by atoms with E-state index in [2.05, 4.69) is 53.2 Å². The van der Waals surface area contributed by atoms with Crippen LogP contribution >= 0.6 is 11.3 Å². The molecule has 276 valence electrons. The van der Waals surface area contributed by atoms with E-state index in [0.29, 0.717) is 10.7 Å². The highest BCUT2D eigenvalue weighted by Gasteiger charge is 2.32. The molecule has 2 aliphatic rings. The number of aromatic nitrogens is 2. The molecule has 10 nitrogen and oxygen atoms in total. The number of piperidine rings is 1. The first-order chi connectivity index (χ1) is 24.3. The average Bonchev–Trinajstić information content (AvgIpc) is 3.63. The van der Waals surface area contributed by atoms with Crippen molar-refractivity contribution in [3.8, 4) is 11.4 Å². The van der Waals surface area contributed by atoms with Crippen LogP contribution in [0.5, 0.6) is 0 Å². The number of rotatable bonds is 13. The van der Waals surface area contributed by atoms with Gasteiger partial charge in [0.1, 0.15) is 6.04 Å². The number of carboxylic acid groups (broad SMARTS) is 1. The number of aliphatic carboxylic acids is 1. The molecule has 0 radical (unpaired) electrons. The molecule has 0 unspecified atom stereocenters. The summed E-state index contributed by atoms with van der Waals surface area (Å²) >= 11 is 1.35. The molecule has 3 atom stereocenters. The molecule has 2 amide bonds. The summed E-state index contributed by atoms with van der Waals surface area (Å²) in [6.45, 7) is 11.9. The highest BCUT2D eigenvalue weighted by Crippen LogP contribution is 2.39. The van der Waals surface area contributed by atoms with Crippen molar-refractivity contribution < 1.29 is 24.6 Å². The molecule has 1 aliphatic carbocycles. The van der Waals surface area contributed by atoms with Gasteiger partial charge in [0.15, 0.2) is 11.9 Å². The van der Waals surface area contributed by atoms with E-state index in [0.717, 1.165) is 52.5 Å². The number of benzene rings is 1. The van der Waals surface area contributed by atoms with Crippen LogP contribution in [0.15, 0.2) is 48.8 Å². The van der Waals surface area contributed by atoms with Gasteiger partial charge >= 0.3 is 5.97 Å². The summed E-state index contributed by atoms with van der Waals surface area (Å²) < 4.78 is 0. The fourth-order valence-corrected chi connectivity index (χ4v) is 8.56. The zero-order valence-electron chi connectivity index (χ0n) is 30.7. The number of anilines is 1. The highest BCUT2D eigenvalue weighted by atomic mass is 32.1. The normalized spacial score (nSPS) is 20.3. The predicted octanol–water partition coefficient (Wildman–Crippen LogP) is 6.62. The van der Waals surface area contributed by atoms with Gasteiger partial charge in [-0.3, -0.25) is 9.59 Å². The van der Waals surface area contributed by atoms with Crippen LogP contribution in [0.2, 0.25) is 0 Å². The molecule has 1 saturated carbocycles. The SMILES string of the molecule is CCC[C@H]1CC[C@H](C2CCN(c3cnc(-c4ccc(C[C@H](NC(=O)c5ccc(C(C)(C)C)s5)C(=O)N[C@H](C(=O)O)[C@@H](C)O)cc4)nc3)CC2)CC1. The monoisotopic (exact) mass is 717 g/mol. The number of hydrogen-bond acceptors (Lipinski definition) is 8. The summed E-state index contributed by atoms with van der Waals surface area (Å²) in [6, 6.07) is 8.50. The minimum absolute atomic E-state index is 0.109. The lowest BCUT2D eigenvalue weighted by Crippen LogP contribution is -2.55. The molecular formula is C40H55N5O5S. The molecule has 4 N–H and O–H groups in total. The van der Waals surface area contributed by atoms with E-state index in [9.17, 15) is 24.6 Å². The van der Waals surface area contributed by atoms with Gasteiger partial charge in [-0.05, 0) is 73.5 Å². The fraction of sp³-hybridized carbons (Fsp3) is 0.575. The van der Waals surface area contributed by atoms with Crippen molar-refractivity contribution in [1.82, 2.24) is 20.6 Å². The van der Waals surface area contributed by atoms with Crippen molar-refractivity contribution in [3.63, 3.8) is 0 Å². The van der Waals surface area contributed by atoms with Gasteiger partial charge < -0.3 is 25.7 Å². The molecule has 51 heavy (non-hydrogen) atoms. The van der Waals surface area contributed by atoms with E-state index in [1.54, 1.807) is 6.07 Å². The third-order valence-electron chi connectivity index (χ3n) is 10.7. The molecule has 5 rings (SSSR count). The predicted molar refractivity (Wildman–Crippen MR) is 202 cm³/mol. The average molecular weight is 718 g/mol. The summed E-state index contributed by atoms with van der Waals surface area (Å²) in [7, 11) is 0. The van der Waals surface area contributed by atoms with Crippen molar-refractivity contribution in [3.05, 3.63) is 64.1 Å². The highest BCUT2D eigenvalue weighted by molar-refractivity contribution is 7.14. The third-order valence-corrected chi connectivity index (χ3v) is 12.2. The Hall–Kier alpha value is -3.83. The summed E-state index contributed by atoms with van der Waals surface area (Å²) in [4.78, 5) is 51.6. The van der Waals surface area contributed by atoms with Crippen LogP contribution in [-0.4, -0.2) is 69.2 Å². The molecule has 11 heteroatoms. The maximum absolute atomic E-state index is 13.4. The lowest BCUT2D eigenvalue weighted by molar-refractivity contribution is -0.145. The Balaban J connectivity index is 1.21. The number of carbonyl (C=O) groups excluding carboxylic acids is 2. The van der Waals surface area contributed by atoms with Gasteiger partial charge in [-0.15, -0.1) is 11.3 Å². The number of hydrogen-bond donors (Lipinski definition) is 4. The van der Waals surface area contributed by atoms with Crippen molar-refractivity contribution in [2.75, 3.05) is 18.0 Å². The van der Waals surface area contributed by atoms with E-state index in [1.807, 2.05) is 42.7 Å². The van der Waals surface area contributed by atoms with E-state index in [1.165, 1.54) is 69.6 Å². The zero-order valence-corrected chi connectivity index (χ0v) is 31.5. The van der Waals surface area contributed by atoms with E-state index >= 15 is 0 Å². The van der Waals surface area contributed by atoms with Crippen molar-refractivity contribution in [1.29, 1.82) is 0 Å². The smallest absolute Gasteiger partial charge is 0.328 e. The largest absolute Gasteiger partial charge is 0.480 e.